The second-order valence-corrected chi connectivity index (χ2v) is 19.7. The SMILES string of the molecule is CCCCCCCCCCCCCCCC(=O)OC[C@H](CSC[C@H](NC(C)=O)C(=O)NCC(=O)N[C@@H](CCC(=O)O)C(=O)N[C@@H](CCC(=O)O)C(=O)O)OC(=O)CCCCCCCCCCCCCCC. The first kappa shape index (κ1) is 66.6. The van der Waals surface area contributed by atoms with E-state index in [1.165, 1.54) is 122 Å². The molecule has 4 atom stereocenters. The molecule has 0 fully saturated rings. The lowest BCUT2D eigenvalue weighted by atomic mass is 10.0. The highest BCUT2D eigenvalue weighted by atomic mass is 32.2. The third-order valence-corrected chi connectivity index (χ3v) is 13.1. The Morgan fingerprint density at radius 1 is 0.465 bits per heavy atom. The smallest absolute Gasteiger partial charge is 0.326 e. The van der Waals surface area contributed by atoms with Crippen LogP contribution in [0.15, 0.2) is 0 Å². The van der Waals surface area contributed by atoms with Crippen molar-refractivity contribution in [3.8, 4) is 0 Å². The number of ether oxygens (including phenoxy) is 2. The van der Waals surface area contributed by atoms with Crippen LogP contribution in [0, 0.1) is 0 Å². The Labute approximate surface area is 428 Å². The van der Waals surface area contributed by atoms with Gasteiger partial charge in [0.2, 0.25) is 23.6 Å². The molecule has 0 aromatic carbocycles. The molecule has 410 valence electrons. The summed E-state index contributed by atoms with van der Waals surface area (Å²) < 4.78 is 11.3. The van der Waals surface area contributed by atoms with Crippen molar-refractivity contribution in [3.05, 3.63) is 0 Å². The zero-order valence-corrected chi connectivity index (χ0v) is 44.3. The highest BCUT2D eigenvalue weighted by Crippen LogP contribution is 2.17. The number of thioether (sulfide) groups is 1. The largest absolute Gasteiger partial charge is 0.481 e. The van der Waals surface area contributed by atoms with Crippen molar-refractivity contribution in [3.63, 3.8) is 0 Å². The Hall–Kier alpha value is -4.42. The molecule has 0 saturated heterocycles. The summed E-state index contributed by atoms with van der Waals surface area (Å²) in [5.41, 5.74) is 0. The lowest BCUT2D eigenvalue weighted by molar-refractivity contribution is -0.157. The van der Waals surface area contributed by atoms with E-state index < -0.39 is 110 Å². The van der Waals surface area contributed by atoms with Gasteiger partial charge in [0.15, 0.2) is 0 Å². The van der Waals surface area contributed by atoms with Gasteiger partial charge in [0.1, 0.15) is 30.8 Å². The minimum Gasteiger partial charge on any atom is -0.481 e. The number of hydrogen-bond donors (Lipinski definition) is 7. The van der Waals surface area contributed by atoms with Crippen LogP contribution in [0.25, 0.3) is 0 Å². The van der Waals surface area contributed by atoms with Crippen LogP contribution in [-0.2, 0) is 52.6 Å². The van der Waals surface area contributed by atoms with Gasteiger partial charge in [-0.05, 0) is 25.7 Å². The summed E-state index contributed by atoms with van der Waals surface area (Å²) in [4.78, 5) is 111. The normalized spacial score (nSPS) is 12.7. The van der Waals surface area contributed by atoms with Gasteiger partial charge < -0.3 is 46.1 Å². The van der Waals surface area contributed by atoms with Crippen LogP contribution in [0.4, 0.5) is 0 Å². The molecule has 71 heavy (non-hydrogen) atoms. The van der Waals surface area contributed by atoms with Crippen molar-refractivity contribution in [1.29, 1.82) is 0 Å². The molecule has 0 saturated carbocycles. The topological polar surface area (TPSA) is 281 Å². The molecular weight excluding hydrogens is 937 g/mol. The average molecular weight is 1030 g/mol. The number of unbranched alkanes of at least 4 members (excludes halogenated alkanes) is 24. The Morgan fingerprint density at radius 3 is 1.31 bits per heavy atom. The Bertz CT molecular complexity index is 1520. The summed E-state index contributed by atoms with van der Waals surface area (Å²) in [6.07, 6.45) is 28.0. The van der Waals surface area contributed by atoms with Crippen LogP contribution in [0.2, 0.25) is 0 Å². The number of hydrogen-bond acceptors (Lipinski definition) is 12. The fraction of sp³-hybridized carbons (Fsp3) is 0.827. The zero-order chi connectivity index (χ0) is 52.9. The van der Waals surface area contributed by atoms with E-state index in [0.717, 1.165) is 50.3 Å². The van der Waals surface area contributed by atoms with Crippen molar-refractivity contribution in [1.82, 2.24) is 21.3 Å². The van der Waals surface area contributed by atoms with Crippen molar-refractivity contribution in [2.24, 2.45) is 0 Å². The van der Waals surface area contributed by atoms with Crippen LogP contribution in [0.5, 0.6) is 0 Å². The van der Waals surface area contributed by atoms with Crippen molar-refractivity contribution in [2.75, 3.05) is 24.7 Å². The Morgan fingerprint density at radius 2 is 0.887 bits per heavy atom. The van der Waals surface area contributed by atoms with Gasteiger partial charge in [-0.1, -0.05) is 168 Å². The lowest BCUT2D eigenvalue weighted by Gasteiger charge is -2.22. The molecule has 7 N–H and O–H groups in total. The molecule has 0 spiro atoms. The van der Waals surface area contributed by atoms with E-state index >= 15 is 0 Å². The van der Waals surface area contributed by atoms with Crippen molar-refractivity contribution < 1.29 is 67.9 Å². The summed E-state index contributed by atoms with van der Waals surface area (Å²) >= 11 is 1.15. The van der Waals surface area contributed by atoms with Crippen molar-refractivity contribution >= 4 is 65.2 Å². The minimum atomic E-state index is -1.63. The maximum absolute atomic E-state index is 13.3. The van der Waals surface area contributed by atoms with Gasteiger partial charge >= 0.3 is 29.8 Å². The van der Waals surface area contributed by atoms with Gasteiger partial charge in [-0.25, -0.2) is 4.79 Å². The third-order valence-electron chi connectivity index (χ3n) is 12.0. The average Bonchev–Trinajstić information content (AvgIpc) is 3.32. The van der Waals surface area contributed by atoms with Gasteiger partial charge in [-0.3, -0.25) is 38.4 Å². The van der Waals surface area contributed by atoms with Crippen LogP contribution in [-0.4, -0.2) is 118 Å². The third kappa shape index (κ3) is 41.9. The van der Waals surface area contributed by atoms with E-state index in [2.05, 4.69) is 35.1 Å². The molecule has 0 unspecified atom stereocenters. The molecule has 0 aliphatic rings. The van der Waals surface area contributed by atoms with E-state index in [4.69, 9.17) is 19.7 Å². The van der Waals surface area contributed by atoms with Crippen LogP contribution < -0.4 is 21.3 Å². The first-order valence-electron chi connectivity index (χ1n) is 26.8. The predicted molar refractivity (Wildman–Crippen MR) is 275 cm³/mol. The number of carbonyl (C=O) groups is 9. The number of carboxylic acids is 3. The fourth-order valence-electron chi connectivity index (χ4n) is 7.81. The summed E-state index contributed by atoms with van der Waals surface area (Å²) in [5.74, 6) is -8.24. The molecule has 0 aromatic heterocycles. The van der Waals surface area contributed by atoms with Crippen LogP contribution in [0.1, 0.15) is 226 Å². The van der Waals surface area contributed by atoms with Gasteiger partial charge in [0.05, 0.1) is 6.54 Å². The minimum absolute atomic E-state index is 0.0383. The number of aliphatic carboxylic acids is 3. The summed E-state index contributed by atoms with van der Waals surface area (Å²) in [5, 5.41) is 36.8. The first-order valence-corrected chi connectivity index (χ1v) is 28.0. The number of rotatable bonds is 49. The Balaban J connectivity index is 5.31. The van der Waals surface area contributed by atoms with E-state index in [1.54, 1.807) is 0 Å². The molecule has 0 aliphatic carbocycles. The van der Waals surface area contributed by atoms with E-state index in [0.29, 0.717) is 12.8 Å². The molecule has 0 bridgehead atoms. The maximum atomic E-state index is 13.3. The predicted octanol–water partition coefficient (Wildman–Crippen LogP) is 8.54. The molecule has 19 heteroatoms. The maximum Gasteiger partial charge on any atom is 0.326 e. The highest BCUT2D eigenvalue weighted by Gasteiger charge is 2.29. The van der Waals surface area contributed by atoms with Gasteiger partial charge in [0, 0.05) is 44.1 Å². The number of nitrogens with one attached hydrogen (secondary N) is 4. The fourth-order valence-corrected chi connectivity index (χ4v) is 8.84. The van der Waals surface area contributed by atoms with Crippen molar-refractivity contribution in [2.45, 2.75) is 250 Å². The standard InChI is InChI=1S/C52H92N4O14S/c1-4-6-8-10-12-14-16-18-20-22-24-26-28-30-48(63)69-37-41(70-49(64)31-29-27-25-23-21-19-17-15-13-11-9-7-5-2)38-71-39-44(54-40(3)57)50(65)53-36-45(58)55-42(32-34-46(59)60)51(66)56-43(52(67)68)33-35-47(61)62/h41-44H,4-39H2,1-3H3,(H,53,65)(H,54,57)(H,55,58)(H,56,66)(H,59,60)(H,61,62)(H,67,68)/t41-,42+,43+,44+/m1/s1. The van der Waals surface area contributed by atoms with E-state index in [9.17, 15) is 48.3 Å². The zero-order valence-electron chi connectivity index (χ0n) is 43.5. The van der Waals surface area contributed by atoms with Gasteiger partial charge in [-0.15, -0.1) is 0 Å². The van der Waals surface area contributed by atoms with Gasteiger partial charge in [-0.2, -0.15) is 11.8 Å². The van der Waals surface area contributed by atoms with Gasteiger partial charge in [0.25, 0.3) is 0 Å². The second-order valence-electron chi connectivity index (χ2n) is 18.7. The number of carboxylic acid groups (broad SMARTS) is 3. The van der Waals surface area contributed by atoms with Crippen LogP contribution >= 0.6 is 11.8 Å². The van der Waals surface area contributed by atoms with Crippen LogP contribution in [0.3, 0.4) is 0 Å². The number of carbonyl (C=O) groups excluding carboxylic acids is 6. The molecule has 0 aromatic rings. The quantitative estimate of drug-likeness (QED) is 0.0222. The van der Waals surface area contributed by atoms with E-state index in [1.807, 2.05) is 0 Å². The van der Waals surface area contributed by atoms with E-state index in [-0.39, 0.29) is 31.0 Å². The summed E-state index contributed by atoms with van der Waals surface area (Å²) in [7, 11) is 0. The number of amides is 4. The molecule has 4 amide bonds. The summed E-state index contributed by atoms with van der Waals surface area (Å²) in [6.45, 7) is 4.75. The molecule has 0 heterocycles. The molecule has 18 nitrogen and oxygen atoms in total. The summed E-state index contributed by atoms with van der Waals surface area (Å²) in [6, 6.07) is -4.36. The molecule has 0 aliphatic heterocycles. The Kier molecular flexibility index (Phi) is 42.6. The second kappa shape index (κ2) is 45.4. The molecular formula is C52H92N4O14S. The highest BCUT2D eigenvalue weighted by molar-refractivity contribution is 7.99. The monoisotopic (exact) mass is 1030 g/mol. The molecule has 0 rings (SSSR count). The lowest BCUT2D eigenvalue weighted by Crippen LogP contribution is -2.54. The number of esters is 2. The first-order chi connectivity index (χ1) is 34.1. The molecule has 0 radical (unpaired) electrons.